The highest BCUT2D eigenvalue weighted by Crippen LogP contribution is 2.39. The molecule has 29 heavy (non-hydrogen) atoms. The first-order valence-corrected chi connectivity index (χ1v) is 9.19. The van der Waals surface area contributed by atoms with Gasteiger partial charge in [-0.1, -0.05) is 12.1 Å². The third-order valence-electron chi connectivity index (χ3n) is 5.28. The Morgan fingerprint density at radius 3 is 2.24 bits per heavy atom. The van der Waals surface area contributed by atoms with E-state index < -0.39 is 0 Å². The van der Waals surface area contributed by atoms with E-state index in [-0.39, 0.29) is 5.56 Å². The van der Waals surface area contributed by atoms with E-state index in [9.17, 15) is 10.1 Å². The molecule has 0 saturated carbocycles. The molecule has 146 valence electrons. The van der Waals surface area contributed by atoms with Gasteiger partial charge < -0.3 is 18.8 Å². The number of hydrogen-bond acceptors (Lipinski definition) is 5. The number of methoxy groups -OCH3 is 3. The van der Waals surface area contributed by atoms with Crippen LogP contribution in [0.3, 0.4) is 0 Å². The number of hydrogen-bond donors (Lipinski definition) is 0. The first-order valence-electron chi connectivity index (χ1n) is 9.19. The minimum atomic E-state index is -0.121. The highest BCUT2D eigenvalue weighted by atomic mass is 16.5. The molecule has 0 amide bonds. The second-order valence-corrected chi connectivity index (χ2v) is 6.73. The smallest absolute Gasteiger partial charge is 0.258 e. The molecule has 0 N–H and O–H groups in total. The summed E-state index contributed by atoms with van der Waals surface area (Å²) >= 11 is 0. The van der Waals surface area contributed by atoms with E-state index in [0.717, 1.165) is 16.7 Å². The molecule has 0 spiro atoms. The van der Waals surface area contributed by atoms with Crippen molar-refractivity contribution in [2.45, 2.75) is 13.0 Å². The van der Waals surface area contributed by atoms with Gasteiger partial charge in [0.2, 0.25) is 0 Å². The number of benzene rings is 2. The second kappa shape index (κ2) is 7.36. The number of aromatic nitrogens is 1. The highest BCUT2D eigenvalue weighted by molar-refractivity contribution is 5.78. The molecule has 2 aromatic carbocycles. The van der Waals surface area contributed by atoms with Crippen LogP contribution in [0.5, 0.6) is 17.2 Å². The molecular weight excluding hydrogens is 368 g/mol. The lowest BCUT2D eigenvalue weighted by Gasteiger charge is -2.25. The van der Waals surface area contributed by atoms with Gasteiger partial charge in [0.15, 0.2) is 11.5 Å². The Morgan fingerprint density at radius 2 is 1.62 bits per heavy atom. The van der Waals surface area contributed by atoms with Crippen LogP contribution in [0.1, 0.15) is 11.1 Å². The maximum Gasteiger partial charge on any atom is 0.258 e. The Balaban J connectivity index is 1.95. The lowest BCUT2D eigenvalue weighted by molar-refractivity contribution is 0.354. The molecule has 0 atom stereocenters. The van der Waals surface area contributed by atoms with Crippen molar-refractivity contribution in [3.05, 3.63) is 63.9 Å². The number of fused-ring (bicyclic) bond motifs is 3. The molecule has 0 saturated heterocycles. The summed E-state index contributed by atoms with van der Waals surface area (Å²) in [5.41, 5.74) is 4.04. The summed E-state index contributed by atoms with van der Waals surface area (Å²) in [6, 6.07) is 15.0. The van der Waals surface area contributed by atoms with Crippen molar-refractivity contribution in [2.75, 3.05) is 21.3 Å². The second-order valence-electron chi connectivity index (χ2n) is 6.73. The highest BCUT2D eigenvalue weighted by Gasteiger charge is 2.25. The molecule has 0 radical (unpaired) electrons. The molecule has 1 aromatic heterocycles. The maximum absolute atomic E-state index is 13.3. The average molecular weight is 388 g/mol. The first-order chi connectivity index (χ1) is 14.1. The van der Waals surface area contributed by atoms with Crippen LogP contribution < -0.4 is 19.8 Å². The molecule has 0 unspecified atom stereocenters. The van der Waals surface area contributed by atoms with Crippen molar-refractivity contribution in [1.82, 2.24) is 4.57 Å². The Morgan fingerprint density at radius 1 is 0.931 bits per heavy atom. The van der Waals surface area contributed by atoms with Crippen LogP contribution in [0.4, 0.5) is 0 Å². The number of rotatable bonds is 4. The number of pyridine rings is 1. The predicted octanol–water partition coefficient (Wildman–Crippen LogP) is 3.64. The third-order valence-corrected chi connectivity index (χ3v) is 5.28. The van der Waals surface area contributed by atoms with Gasteiger partial charge in [-0.15, -0.1) is 0 Å². The molecule has 6 nitrogen and oxygen atoms in total. The summed E-state index contributed by atoms with van der Waals surface area (Å²) in [4.78, 5) is 13.3. The van der Waals surface area contributed by atoms with E-state index in [0.29, 0.717) is 47.0 Å². The van der Waals surface area contributed by atoms with Crippen molar-refractivity contribution in [2.24, 2.45) is 0 Å². The summed E-state index contributed by atoms with van der Waals surface area (Å²) in [5.74, 6) is 1.91. The van der Waals surface area contributed by atoms with E-state index in [1.165, 1.54) is 0 Å². The molecule has 2 heterocycles. The Labute approximate surface area is 168 Å². The molecule has 4 rings (SSSR count). The Bertz CT molecular complexity index is 1190. The number of ether oxygens (including phenoxy) is 3. The quantitative estimate of drug-likeness (QED) is 0.682. The van der Waals surface area contributed by atoms with Crippen molar-refractivity contribution in [3.8, 4) is 45.7 Å². The van der Waals surface area contributed by atoms with Crippen LogP contribution in [0.15, 0.2) is 47.3 Å². The molecule has 3 aromatic rings. The van der Waals surface area contributed by atoms with Crippen molar-refractivity contribution in [3.63, 3.8) is 0 Å². The van der Waals surface area contributed by atoms with Crippen molar-refractivity contribution in [1.29, 1.82) is 5.26 Å². The molecular formula is C23H20N2O4. The fourth-order valence-electron chi connectivity index (χ4n) is 3.81. The van der Waals surface area contributed by atoms with Gasteiger partial charge >= 0.3 is 0 Å². The fourth-order valence-corrected chi connectivity index (χ4v) is 3.81. The third kappa shape index (κ3) is 3.01. The SMILES string of the molecule is COc1ccc(-c2cc(C#N)c3n(c2=O)CCc2cc(OC)c(OC)cc2-3)cc1. The zero-order valence-corrected chi connectivity index (χ0v) is 16.5. The fraction of sp³-hybridized carbons (Fsp3) is 0.217. The van der Waals surface area contributed by atoms with Crippen LogP contribution in [0.25, 0.3) is 22.4 Å². The summed E-state index contributed by atoms with van der Waals surface area (Å²) in [6.07, 6.45) is 0.666. The van der Waals surface area contributed by atoms with E-state index in [4.69, 9.17) is 14.2 Å². The standard InChI is InChI=1S/C23H20N2O4/c1-27-17-6-4-14(5-7-17)19-10-16(13-24)22-18-12-21(29-3)20(28-2)11-15(18)8-9-25(22)23(19)26/h4-7,10-12H,8-9H2,1-3H3. The summed E-state index contributed by atoms with van der Waals surface area (Å²) in [5, 5.41) is 9.85. The molecule has 1 aliphatic rings. The van der Waals surface area contributed by atoms with Crippen LogP contribution in [0.2, 0.25) is 0 Å². The topological polar surface area (TPSA) is 73.5 Å². The van der Waals surface area contributed by atoms with Gasteiger partial charge in [0.1, 0.15) is 11.8 Å². The van der Waals surface area contributed by atoms with Gasteiger partial charge in [-0.2, -0.15) is 5.26 Å². The number of nitrogens with zero attached hydrogens (tertiary/aromatic N) is 2. The number of nitriles is 1. The lowest BCUT2D eigenvalue weighted by Crippen LogP contribution is -2.28. The van der Waals surface area contributed by atoms with Crippen LogP contribution in [-0.2, 0) is 13.0 Å². The Kier molecular flexibility index (Phi) is 4.73. The normalized spacial score (nSPS) is 11.8. The Hall–Kier alpha value is -3.72. The van der Waals surface area contributed by atoms with Gasteiger partial charge in [-0.3, -0.25) is 4.79 Å². The number of aryl methyl sites for hydroxylation is 1. The van der Waals surface area contributed by atoms with Crippen molar-refractivity contribution >= 4 is 0 Å². The molecule has 0 bridgehead atoms. The van der Waals surface area contributed by atoms with Gasteiger partial charge in [-0.25, -0.2) is 0 Å². The lowest BCUT2D eigenvalue weighted by atomic mass is 9.92. The van der Waals surface area contributed by atoms with Crippen LogP contribution >= 0.6 is 0 Å². The average Bonchev–Trinajstić information content (AvgIpc) is 2.78. The minimum Gasteiger partial charge on any atom is -0.497 e. The zero-order chi connectivity index (χ0) is 20.5. The molecule has 0 fully saturated rings. The van der Waals surface area contributed by atoms with Crippen LogP contribution in [0, 0.1) is 11.3 Å². The largest absolute Gasteiger partial charge is 0.497 e. The maximum atomic E-state index is 13.3. The van der Waals surface area contributed by atoms with Gasteiger partial charge in [0.25, 0.3) is 5.56 Å². The van der Waals surface area contributed by atoms with E-state index in [1.54, 1.807) is 44.1 Å². The summed E-state index contributed by atoms with van der Waals surface area (Å²) < 4.78 is 17.7. The molecule has 0 aliphatic carbocycles. The summed E-state index contributed by atoms with van der Waals surface area (Å²) in [6.45, 7) is 0.495. The minimum absolute atomic E-state index is 0.121. The zero-order valence-electron chi connectivity index (χ0n) is 16.5. The predicted molar refractivity (Wildman–Crippen MR) is 110 cm³/mol. The van der Waals surface area contributed by atoms with E-state index >= 15 is 0 Å². The van der Waals surface area contributed by atoms with Gasteiger partial charge in [0, 0.05) is 17.7 Å². The van der Waals surface area contributed by atoms with Crippen molar-refractivity contribution < 1.29 is 14.2 Å². The monoisotopic (exact) mass is 388 g/mol. The first kappa shape index (κ1) is 18.6. The summed E-state index contributed by atoms with van der Waals surface area (Å²) in [7, 11) is 4.75. The van der Waals surface area contributed by atoms with E-state index in [2.05, 4.69) is 6.07 Å². The molecule has 1 aliphatic heterocycles. The van der Waals surface area contributed by atoms with E-state index in [1.807, 2.05) is 24.3 Å². The van der Waals surface area contributed by atoms with Crippen LogP contribution in [-0.4, -0.2) is 25.9 Å². The molecule has 6 heteroatoms. The van der Waals surface area contributed by atoms with Gasteiger partial charge in [-0.05, 0) is 47.9 Å². The van der Waals surface area contributed by atoms with Gasteiger partial charge in [0.05, 0.1) is 32.6 Å².